The monoisotopic (exact) mass is 454 g/mol. The Balaban J connectivity index is 1.67. The Labute approximate surface area is 182 Å². The normalized spacial score (nSPS) is 25.0. The first-order valence-electron chi connectivity index (χ1n) is 9.06. The maximum atomic E-state index is 10.7. The van der Waals surface area contributed by atoms with Crippen LogP contribution in [-0.2, 0) is 14.3 Å². The van der Waals surface area contributed by atoms with E-state index in [0.717, 1.165) is 0 Å². The van der Waals surface area contributed by atoms with Crippen LogP contribution in [0, 0.1) is 0 Å². The fourth-order valence-corrected chi connectivity index (χ4v) is 3.98. The molecule has 0 bridgehead atoms. The van der Waals surface area contributed by atoms with Gasteiger partial charge in [-0.3, -0.25) is 4.84 Å². The lowest BCUT2D eigenvalue weighted by atomic mass is 9.99. The predicted molar refractivity (Wildman–Crippen MR) is 110 cm³/mol. The van der Waals surface area contributed by atoms with E-state index in [-0.39, 0.29) is 0 Å². The van der Waals surface area contributed by atoms with Crippen molar-refractivity contribution in [1.29, 1.82) is 0 Å². The molecule has 1 aliphatic heterocycles. The number of anilines is 1. The van der Waals surface area contributed by atoms with Gasteiger partial charge in [0.1, 0.15) is 36.4 Å². The van der Waals surface area contributed by atoms with E-state index >= 15 is 0 Å². The topological polar surface area (TPSA) is 111 Å². The molecular weight excluding hydrogens is 435 g/mol. The summed E-state index contributed by atoms with van der Waals surface area (Å²) < 4.78 is 13.3. The predicted octanol–water partition coefficient (Wildman–Crippen LogP) is 2.72. The number of nitrogens with one attached hydrogen (secondary N) is 1. The minimum Gasteiger partial charge on any atom is -0.387 e. The van der Waals surface area contributed by atoms with E-state index in [9.17, 15) is 10.2 Å². The number of aliphatic hydroxyl groups is 2. The second-order valence-electron chi connectivity index (χ2n) is 6.79. The van der Waals surface area contributed by atoms with Gasteiger partial charge in [-0.25, -0.2) is 15.4 Å². The van der Waals surface area contributed by atoms with Crippen LogP contribution in [-0.4, -0.2) is 57.3 Å². The summed E-state index contributed by atoms with van der Waals surface area (Å²) in [7, 11) is 2.97. The fourth-order valence-electron chi connectivity index (χ4n) is 3.67. The third-order valence-corrected chi connectivity index (χ3v) is 5.82. The van der Waals surface area contributed by atoms with Crippen molar-refractivity contribution in [2.45, 2.75) is 30.6 Å². The van der Waals surface area contributed by atoms with E-state index in [1.54, 1.807) is 35.0 Å². The van der Waals surface area contributed by atoms with Gasteiger partial charge in [0.2, 0.25) is 0 Å². The Kier molecular flexibility index (Phi) is 6.12. The summed E-state index contributed by atoms with van der Waals surface area (Å²) in [5, 5.41) is 22.9. The van der Waals surface area contributed by atoms with Crippen LogP contribution >= 0.6 is 23.2 Å². The summed E-state index contributed by atoms with van der Waals surface area (Å²) in [6.45, 7) is 0. The largest absolute Gasteiger partial charge is 0.387 e. The third-order valence-electron chi connectivity index (χ3n) is 5.08. The average Bonchev–Trinajstić information content (AvgIpc) is 3.28. The maximum absolute atomic E-state index is 10.7. The molecule has 30 heavy (non-hydrogen) atoms. The maximum Gasteiger partial charge on any atom is 0.164 e. The number of halogens is 2. The minimum atomic E-state index is -1.22. The van der Waals surface area contributed by atoms with Crippen LogP contribution in [0.15, 0.2) is 36.8 Å². The second-order valence-corrected chi connectivity index (χ2v) is 7.61. The summed E-state index contributed by atoms with van der Waals surface area (Å²) in [4.78, 5) is 13.3. The number of ether oxygens (including phenoxy) is 2. The van der Waals surface area contributed by atoms with Gasteiger partial charge in [0.05, 0.1) is 22.5 Å². The van der Waals surface area contributed by atoms with Crippen molar-refractivity contribution in [3.05, 3.63) is 52.4 Å². The number of hydrogen-bond donors (Lipinski definition) is 3. The first kappa shape index (κ1) is 21.3. The Morgan fingerprint density at radius 1 is 1.13 bits per heavy atom. The number of aliphatic hydroxyl groups excluding tert-OH is 2. The molecule has 11 heteroatoms. The first-order chi connectivity index (χ1) is 14.5. The third kappa shape index (κ3) is 3.63. The van der Waals surface area contributed by atoms with E-state index in [1.807, 2.05) is 0 Å². The van der Waals surface area contributed by atoms with Gasteiger partial charge in [0.25, 0.3) is 0 Å². The van der Waals surface area contributed by atoms with E-state index < -0.39 is 30.6 Å². The molecule has 160 valence electrons. The molecule has 3 N–H and O–H groups in total. The highest BCUT2D eigenvalue weighted by Gasteiger charge is 2.48. The number of aromatic nitrogens is 3. The Morgan fingerprint density at radius 3 is 2.63 bits per heavy atom. The van der Waals surface area contributed by atoms with Gasteiger partial charge in [-0.15, -0.1) is 0 Å². The molecular formula is C19H20Cl2N4O5. The van der Waals surface area contributed by atoms with Crippen LogP contribution < -0.4 is 5.48 Å². The lowest BCUT2D eigenvalue weighted by Gasteiger charge is -2.25. The van der Waals surface area contributed by atoms with Crippen LogP contribution in [0.4, 0.5) is 5.82 Å². The van der Waals surface area contributed by atoms with Crippen molar-refractivity contribution in [1.82, 2.24) is 14.5 Å². The summed E-state index contributed by atoms with van der Waals surface area (Å²) in [6.07, 6.45) is -1.81. The van der Waals surface area contributed by atoms with Crippen LogP contribution in [0.25, 0.3) is 11.0 Å². The summed E-state index contributed by atoms with van der Waals surface area (Å²) >= 11 is 12.1. The van der Waals surface area contributed by atoms with Gasteiger partial charge >= 0.3 is 0 Å². The standard InChI is InChI=1S/C19H20Cl2N4O5/c1-28-15(9-3-4-11(20)12(21)7-9)16-13(26)14(27)19(30-16)25-6-5-10-17(24-29-2)22-8-23-18(10)25/h3-8,13-16,19,26-27H,1-2H3,(H,22,23,24)/t13-,14+,15?,16-,19+/m0/s1. The molecule has 1 saturated heterocycles. The molecule has 5 atom stereocenters. The highest BCUT2D eigenvalue weighted by molar-refractivity contribution is 6.42. The molecule has 1 aromatic carbocycles. The molecule has 1 fully saturated rings. The van der Waals surface area contributed by atoms with E-state index in [2.05, 4.69) is 15.4 Å². The van der Waals surface area contributed by atoms with Gasteiger partial charge in [-0.05, 0) is 23.8 Å². The van der Waals surface area contributed by atoms with Crippen LogP contribution in [0.5, 0.6) is 0 Å². The quantitative estimate of drug-likeness (QED) is 0.487. The molecule has 0 aliphatic carbocycles. The number of benzene rings is 1. The number of rotatable bonds is 6. The summed E-state index contributed by atoms with van der Waals surface area (Å²) in [5.41, 5.74) is 3.85. The highest BCUT2D eigenvalue weighted by atomic mass is 35.5. The van der Waals surface area contributed by atoms with Gasteiger partial charge in [0.15, 0.2) is 12.0 Å². The van der Waals surface area contributed by atoms with Crippen molar-refractivity contribution < 1.29 is 24.5 Å². The zero-order valence-electron chi connectivity index (χ0n) is 16.1. The smallest absolute Gasteiger partial charge is 0.164 e. The molecule has 0 saturated carbocycles. The van der Waals surface area contributed by atoms with Crippen LogP contribution in [0.1, 0.15) is 17.9 Å². The van der Waals surface area contributed by atoms with E-state index in [4.69, 9.17) is 37.5 Å². The van der Waals surface area contributed by atoms with E-state index in [0.29, 0.717) is 32.5 Å². The van der Waals surface area contributed by atoms with Gasteiger partial charge in [-0.2, -0.15) is 0 Å². The Morgan fingerprint density at radius 2 is 1.93 bits per heavy atom. The molecule has 0 radical (unpaired) electrons. The number of hydrogen-bond acceptors (Lipinski definition) is 8. The Hall–Kier alpha value is -1.98. The number of nitrogens with zero attached hydrogens (tertiary/aromatic N) is 3. The molecule has 2 aromatic heterocycles. The van der Waals surface area contributed by atoms with Crippen molar-refractivity contribution in [2.24, 2.45) is 0 Å². The van der Waals surface area contributed by atoms with Gasteiger partial charge in [-0.1, -0.05) is 29.3 Å². The summed E-state index contributed by atoms with van der Waals surface area (Å²) in [5.74, 6) is 0.469. The van der Waals surface area contributed by atoms with Crippen molar-refractivity contribution >= 4 is 40.1 Å². The zero-order chi connectivity index (χ0) is 21.4. The molecule has 0 spiro atoms. The highest BCUT2D eigenvalue weighted by Crippen LogP contribution is 2.40. The molecule has 1 unspecified atom stereocenters. The van der Waals surface area contributed by atoms with Gasteiger partial charge < -0.3 is 24.3 Å². The van der Waals surface area contributed by atoms with Crippen LogP contribution in [0.2, 0.25) is 10.0 Å². The van der Waals surface area contributed by atoms with Gasteiger partial charge in [0, 0.05) is 13.3 Å². The molecule has 1 aliphatic rings. The molecule has 3 heterocycles. The molecule has 9 nitrogen and oxygen atoms in total. The Bertz CT molecular complexity index is 1050. The molecule has 0 amide bonds. The number of fused-ring (bicyclic) bond motifs is 1. The van der Waals surface area contributed by atoms with Crippen molar-refractivity contribution in [2.75, 3.05) is 19.7 Å². The summed E-state index contributed by atoms with van der Waals surface area (Å²) in [6, 6.07) is 6.79. The SMILES string of the molecule is CONc1ncnc2c1ccn2[C@@H]1O[C@H](C(OC)c2ccc(Cl)c(Cl)c2)[C@@H](O)[C@H]1O. The number of methoxy groups -OCH3 is 1. The van der Waals surface area contributed by atoms with Crippen molar-refractivity contribution in [3.8, 4) is 0 Å². The zero-order valence-corrected chi connectivity index (χ0v) is 17.6. The lowest BCUT2D eigenvalue weighted by Crippen LogP contribution is -2.35. The van der Waals surface area contributed by atoms with Crippen molar-refractivity contribution in [3.63, 3.8) is 0 Å². The second kappa shape index (κ2) is 8.64. The van der Waals surface area contributed by atoms with E-state index in [1.165, 1.54) is 20.5 Å². The molecule has 4 rings (SSSR count). The molecule has 3 aromatic rings. The first-order valence-corrected chi connectivity index (χ1v) is 9.81. The lowest BCUT2D eigenvalue weighted by molar-refractivity contribution is -0.0974. The van der Waals surface area contributed by atoms with Crippen LogP contribution in [0.3, 0.4) is 0 Å². The average molecular weight is 455 g/mol. The fraction of sp³-hybridized carbons (Fsp3) is 0.368. The minimum absolute atomic E-state index is 0.354.